The van der Waals surface area contributed by atoms with Gasteiger partial charge in [-0.25, -0.2) is 0 Å². The van der Waals surface area contributed by atoms with Crippen molar-refractivity contribution < 1.29 is 27.9 Å². The van der Waals surface area contributed by atoms with Crippen LogP contribution in [0, 0.1) is 0 Å². The summed E-state index contributed by atoms with van der Waals surface area (Å²) in [6.45, 7) is 0.492. The Balaban J connectivity index is 2.52. The van der Waals surface area contributed by atoms with Crippen molar-refractivity contribution in [1.29, 1.82) is 0 Å². The number of rotatable bonds is 8. The number of nitrogens with one attached hydrogen (secondary N) is 1. The van der Waals surface area contributed by atoms with Gasteiger partial charge in [0, 0.05) is 12.1 Å². The number of unbranched alkanes of at least 4 members (excludes halogenated alkanes) is 1. The molecule has 0 unspecified atom stereocenters. The molecule has 0 bridgehead atoms. The number of amides is 1. The molecule has 1 aromatic rings. The number of carboxylic acids is 1. The predicted molar refractivity (Wildman–Crippen MR) is 84.1 cm³/mol. The van der Waals surface area contributed by atoms with E-state index in [1.165, 1.54) is 6.07 Å². The number of aliphatic carboxylic acids is 1. The molecule has 5 nitrogen and oxygen atoms in total. The van der Waals surface area contributed by atoms with E-state index >= 15 is 0 Å². The Morgan fingerprint density at radius 1 is 1.29 bits per heavy atom. The molecule has 0 fully saturated rings. The molecule has 0 aromatic heterocycles. The molecule has 0 atom stereocenters. The second-order valence-electron chi connectivity index (χ2n) is 5.33. The smallest absolute Gasteiger partial charge is 0.417 e. The molecule has 1 rings (SSSR count). The molecule has 0 spiro atoms. The first-order chi connectivity index (χ1) is 11.1. The average molecular weight is 367 g/mol. The van der Waals surface area contributed by atoms with E-state index in [1.54, 1.807) is 11.9 Å². The SMILES string of the molecule is CN(CCCCC(=O)O)CC(=O)Nc1ccc(Cl)c(C(F)(F)F)c1. The molecule has 0 saturated carbocycles. The lowest BCUT2D eigenvalue weighted by Gasteiger charge is -2.16. The zero-order valence-electron chi connectivity index (χ0n) is 13.0. The highest BCUT2D eigenvalue weighted by Crippen LogP contribution is 2.36. The van der Waals surface area contributed by atoms with E-state index in [0.29, 0.717) is 19.4 Å². The van der Waals surface area contributed by atoms with Crippen LogP contribution < -0.4 is 5.32 Å². The Labute approximate surface area is 142 Å². The van der Waals surface area contributed by atoms with Crippen LogP contribution in [0.25, 0.3) is 0 Å². The van der Waals surface area contributed by atoms with Crippen molar-refractivity contribution in [2.24, 2.45) is 0 Å². The van der Waals surface area contributed by atoms with Crippen LogP contribution in [-0.2, 0) is 15.8 Å². The summed E-state index contributed by atoms with van der Waals surface area (Å²) in [7, 11) is 1.67. The van der Waals surface area contributed by atoms with Crippen LogP contribution in [0.1, 0.15) is 24.8 Å². The van der Waals surface area contributed by atoms with Crippen LogP contribution in [-0.4, -0.2) is 42.0 Å². The lowest BCUT2D eigenvalue weighted by Crippen LogP contribution is -2.31. The number of benzene rings is 1. The molecular weight excluding hydrogens is 349 g/mol. The number of likely N-dealkylation sites (N-methyl/N-ethyl adjacent to an activating group) is 1. The van der Waals surface area contributed by atoms with E-state index < -0.39 is 28.6 Å². The van der Waals surface area contributed by atoms with Gasteiger partial charge in [-0.2, -0.15) is 13.2 Å². The molecule has 1 amide bonds. The Bertz CT molecular complexity index is 594. The lowest BCUT2D eigenvalue weighted by molar-refractivity contribution is -0.138. The number of halogens is 4. The third-order valence-corrected chi connectivity index (χ3v) is 3.48. The van der Waals surface area contributed by atoms with E-state index in [1.807, 2.05) is 0 Å². The molecule has 0 aliphatic heterocycles. The summed E-state index contributed by atoms with van der Waals surface area (Å²) in [6, 6.07) is 3.16. The van der Waals surface area contributed by atoms with Crippen molar-refractivity contribution in [2.45, 2.75) is 25.4 Å². The van der Waals surface area contributed by atoms with Crippen LogP contribution >= 0.6 is 11.6 Å². The molecule has 0 aliphatic rings. The maximum Gasteiger partial charge on any atom is 0.417 e. The molecule has 0 radical (unpaired) electrons. The molecule has 9 heteroatoms. The largest absolute Gasteiger partial charge is 0.481 e. The van der Waals surface area contributed by atoms with E-state index in [2.05, 4.69) is 5.32 Å². The zero-order chi connectivity index (χ0) is 18.3. The van der Waals surface area contributed by atoms with E-state index in [0.717, 1.165) is 12.1 Å². The van der Waals surface area contributed by atoms with Crippen molar-refractivity contribution in [2.75, 3.05) is 25.5 Å². The van der Waals surface area contributed by atoms with Crippen molar-refractivity contribution in [3.8, 4) is 0 Å². The number of carboxylic acid groups (broad SMARTS) is 1. The molecule has 1 aromatic carbocycles. The normalized spacial score (nSPS) is 11.6. The maximum atomic E-state index is 12.8. The third-order valence-electron chi connectivity index (χ3n) is 3.15. The fourth-order valence-electron chi connectivity index (χ4n) is 2.00. The third kappa shape index (κ3) is 7.18. The average Bonchev–Trinajstić information content (AvgIpc) is 2.44. The van der Waals surface area contributed by atoms with Gasteiger partial charge < -0.3 is 10.4 Å². The van der Waals surface area contributed by atoms with E-state index in [9.17, 15) is 22.8 Å². The van der Waals surface area contributed by atoms with Crippen LogP contribution in [0.2, 0.25) is 5.02 Å². The number of nitrogens with zero attached hydrogens (tertiary/aromatic N) is 1. The highest BCUT2D eigenvalue weighted by atomic mass is 35.5. The topological polar surface area (TPSA) is 69.6 Å². The second-order valence-corrected chi connectivity index (χ2v) is 5.74. The van der Waals surface area contributed by atoms with Crippen LogP contribution in [0.3, 0.4) is 0 Å². The van der Waals surface area contributed by atoms with Gasteiger partial charge in [-0.3, -0.25) is 14.5 Å². The Hall–Kier alpha value is -1.80. The predicted octanol–water partition coefficient (Wildman–Crippen LogP) is 3.48. The number of hydrogen-bond donors (Lipinski definition) is 2. The zero-order valence-corrected chi connectivity index (χ0v) is 13.7. The van der Waals surface area contributed by atoms with Gasteiger partial charge >= 0.3 is 12.1 Å². The highest BCUT2D eigenvalue weighted by molar-refractivity contribution is 6.31. The fourth-order valence-corrected chi connectivity index (χ4v) is 2.23. The quantitative estimate of drug-likeness (QED) is 0.691. The van der Waals surface area contributed by atoms with Crippen molar-refractivity contribution in [3.63, 3.8) is 0 Å². The minimum atomic E-state index is -4.60. The first kappa shape index (κ1) is 20.2. The fraction of sp³-hybridized carbons (Fsp3) is 0.467. The van der Waals surface area contributed by atoms with Gasteiger partial charge in [-0.15, -0.1) is 0 Å². The summed E-state index contributed by atoms with van der Waals surface area (Å²) < 4.78 is 38.3. The summed E-state index contributed by atoms with van der Waals surface area (Å²) >= 11 is 5.51. The minimum absolute atomic E-state index is 0.0102. The summed E-state index contributed by atoms with van der Waals surface area (Å²) in [5, 5.41) is 10.5. The first-order valence-corrected chi connectivity index (χ1v) is 7.54. The number of alkyl halides is 3. The second kappa shape index (κ2) is 8.89. The van der Waals surface area contributed by atoms with Gasteiger partial charge in [-0.1, -0.05) is 11.6 Å². The number of hydrogen-bond acceptors (Lipinski definition) is 3. The molecular formula is C15H18ClF3N2O3. The summed E-state index contributed by atoms with van der Waals surface area (Å²) in [6.07, 6.45) is -3.44. The van der Waals surface area contributed by atoms with Crippen LogP contribution in [0.4, 0.5) is 18.9 Å². The van der Waals surface area contributed by atoms with Crippen molar-refractivity contribution in [1.82, 2.24) is 4.90 Å². The molecule has 0 heterocycles. The monoisotopic (exact) mass is 366 g/mol. The summed E-state index contributed by atoms with van der Waals surface area (Å²) in [5.74, 6) is -1.34. The number of carbonyl (C=O) groups is 2. The Morgan fingerprint density at radius 3 is 2.54 bits per heavy atom. The minimum Gasteiger partial charge on any atom is -0.481 e. The Morgan fingerprint density at radius 2 is 1.96 bits per heavy atom. The molecule has 0 saturated heterocycles. The number of anilines is 1. The van der Waals surface area contributed by atoms with E-state index in [4.69, 9.17) is 16.7 Å². The standard InChI is InChI=1S/C15H18ClF3N2O3/c1-21(7-3-2-4-14(23)24)9-13(22)20-10-5-6-12(16)11(8-10)15(17,18)19/h5-6,8H,2-4,7,9H2,1H3,(H,20,22)(H,23,24). The Kier molecular flexibility index (Phi) is 7.50. The van der Waals surface area contributed by atoms with Crippen molar-refractivity contribution in [3.05, 3.63) is 28.8 Å². The molecule has 0 aliphatic carbocycles. The van der Waals surface area contributed by atoms with Gasteiger partial charge in [0.2, 0.25) is 5.91 Å². The summed E-state index contributed by atoms with van der Waals surface area (Å²) in [5.41, 5.74) is -1.00. The summed E-state index contributed by atoms with van der Waals surface area (Å²) in [4.78, 5) is 23.9. The van der Waals surface area contributed by atoms with Crippen LogP contribution in [0.15, 0.2) is 18.2 Å². The van der Waals surface area contributed by atoms with Gasteiger partial charge in [0.15, 0.2) is 0 Å². The molecule has 134 valence electrons. The number of carbonyl (C=O) groups excluding carboxylic acids is 1. The van der Waals surface area contributed by atoms with Crippen molar-refractivity contribution >= 4 is 29.2 Å². The lowest BCUT2D eigenvalue weighted by atomic mass is 10.2. The van der Waals surface area contributed by atoms with Gasteiger partial charge in [0.1, 0.15) is 0 Å². The van der Waals surface area contributed by atoms with Gasteiger partial charge in [-0.05, 0) is 44.6 Å². The van der Waals surface area contributed by atoms with E-state index in [-0.39, 0.29) is 18.7 Å². The molecule has 24 heavy (non-hydrogen) atoms. The maximum absolute atomic E-state index is 12.8. The molecule has 2 N–H and O–H groups in total. The van der Waals surface area contributed by atoms with Gasteiger partial charge in [0.25, 0.3) is 0 Å². The highest BCUT2D eigenvalue weighted by Gasteiger charge is 2.33. The van der Waals surface area contributed by atoms with Gasteiger partial charge in [0.05, 0.1) is 17.1 Å². The van der Waals surface area contributed by atoms with Crippen LogP contribution in [0.5, 0.6) is 0 Å². The first-order valence-electron chi connectivity index (χ1n) is 7.16.